The van der Waals surface area contributed by atoms with Crippen LogP contribution in [0.25, 0.3) is 0 Å². The second-order valence-corrected chi connectivity index (χ2v) is 4.10. The molecule has 0 aliphatic carbocycles. The second-order valence-electron chi connectivity index (χ2n) is 4.10. The van der Waals surface area contributed by atoms with E-state index in [0.717, 1.165) is 12.2 Å². The number of aromatic nitrogens is 3. The Bertz CT molecular complexity index is 580. The molecule has 0 radical (unpaired) electrons. The van der Waals surface area contributed by atoms with E-state index in [1.165, 1.54) is 5.56 Å². The summed E-state index contributed by atoms with van der Waals surface area (Å²) in [5.41, 5.74) is 2.31. The molecule has 1 heterocycles. The fourth-order valence-corrected chi connectivity index (χ4v) is 1.79. The second kappa shape index (κ2) is 6.01. The van der Waals surface area contributed by atoms with Crippen molar-refractivity contribution in [2.24, 2.45) is 0 Å². The summed E-state index contributed by atoms with van der Waals surface area (Å²) >= 11 is 0. The average Bonchev–Trinajstić information content (AvgIpc) is 2.87. The van der Waals surface area contributed by atoms with E-state index < -0.39 is 0 Å². The Morgan fingerprint density at radius 2 is 2.00 bits per heavy atom. The van der Waals surface area contributed by atoms with Crippen molar-refractivity contribution in [2.75, 3.05) is 0 Å². The first-order valence-corrected chi connectivity index (χ1v) is 6.32. The molecule has 0 saturated carbocycles. The molecule has 0 aliphatic rings. The van der Waals surface area contributed by atoms with Gasteiger partial charge in [0.15, 0.2) is 5.69 Å². The third-order valence-corrected chi connectivity index (χ3v) is 2.95. The maximum atomic E-state index is 8.97. The zero-order valence-corrected chi connectivity index (χ0v) is 11.1. The van der Waals surface area contributed by atoms with Crippen LogP contribution in [0.5, 0.6) is 5.75 Å². The van der Waals surface area contributed by atoms with Gasteiger partial charge in [0.1, 0.15) is 24.1 Å². The van der Waals surface area contributed by atoms with E-state index in [2.05, 4.69) is 17.2 Å². The van der Waals surface area contributed by atoms with Crippen molar-refractivity contribution < 1.29 is 4.74 Å². The van der Waals surface area contributed by atoms with Crippen molar-refractivity contribution >= 4 is 0 Å². The molecule has 1 aromatic carbocycles. The smallest absolute Gasteiger partial charge is 0.189 e. The van der Waals surface area contributed by atoms with Gasteiger partial charge < -0.3 is 4.74 Å². The lowest BCUT2D eigenvalue weighted by Crippen LogP contribution is -2.07. The predicted octanol–water partition coefficient (Wildman–Crippen LogP) is 2.31. The zero-order valence-electron chi connectivity index (χ0n) is 11.1. The van der Waals surface area contributed by atoms with Crippen LogP contribution in [0.2, 0.25) is 0 Å². The van der Waals surface area contributed by atoms with E-state index in [0.29, 0.717) is 24.5 Å². The van der Waals surface area contributed by atoms with Crippen molar-refractivity contribution in [1.29, 1.82) is 5.26 Å². The maximum absolute atomic E-state index is 8.97. The van der Waals surface area contributed by atoms with E-state index in [4.69, 9.17) is 10.00 Å². The molecule has 0 atom stereocenters. The third-order valence-electron chi connectivity index (χ3n) is 2.95. The topological polar surface area (TPSA) is 63.7 Å². The zero-order chi connectivity index (χ0) is 13.7. The summed E-state index contributed by atoms with van der Waals surface area (Å²) in [7, 11) is 0. The van der Waals surface area contributed by atoms with Crippen LogP contribution in [0.3, 0.4) is 0 Å². The number of hydrogen-bond acceptors (Lipinski definition) is 4. The molecule has 0 N–H and O–H groups in total. The molecule has 2 rings (SSSR count). The van der Waals surface area contributed by atoms with Gasteiger partial charge in [-0.25, -0.2) is 4.68 Å². The molecule has 2 aromatic rings. The largest absolute Gasteiger partial charge is 0.487 e. The summed E-state index contributed by atoms with van der Waals surface area (Å²) in [6, 6.07) is 9.98. The van der Waals surface area contributed by atoms with Gasteiger partial charge in [0.2, 0.25) is 0 Å². The van der Waals surface area contributed by atoms with E-state index in [9.17, 15) is 0 Å². The van der Waals surface area contributed by atoms with Crippen LogP contribution in [-0.2, 0) is 19.6 Å². The molecule has 5 nitrogen and oxygen atoms in total. The van der Waals surface area contributed by atoms with Crippen LogP contribution >= 0.6 is 0 Å². The standard InChI is InChI=1S/C14H16N4O/c1-3-11-5-7-12(8-6-11)19-10-14-13(9-15)16-17-18(14)4-2/h5-8H,3-4,10H2,1-2H3. The highest BCUT2D eigenvalue weighted by Gasteiger charge is 2.12. The highest BCUT2D eigenvalue weighted by atomic mass is 16.5. The van der Waals surface area contributed by atoms with Gasteiger partial charge in [0, 0.05) is 6.54 Å². The van der Waals surface area contributed by atoms with Crippen LogP contribution in [0.15, 0.2) is 24.3 Å². The molecule has 1 aromatic heterocycles. The molecule has 0 unspecified atom stereocenters. The average molecular weight is 256 g/mol. The Morgan fingerprint density at radius 3 is 2.58 bits per heavy atom. The van der Waals surface area contributed by atoms with Crippen LogP contribution in [0.4, 0.5) is 0 Å². The van der Waals surface area contributed by atoms with Gasteiger partial charge in [-0.3, -0.25) is 0 Å². The van der Waals surface area contributed by atoms with E-state index in [1.54, 1.807) is 4.68 Å². The van der Waals surface area contributed by atoms with Crippen molar-refractivity contribution in [2.45, 2.75) is 33.4 Å². The fourth-order valence-electron chi connectivity index (χ4n) is 1.79. The SMILES string of the molecule is CCc1ccc(OCc2c(C#N)nnn2CC)cc1. The van der Waals surface area contributed by atoms with Gasteiger partial charge in [-0.2, -0.15) is 5.26 Å². The molecule has 0 saturated heterocycles. The molecular formula is C14H16N4O. The Kier molecular flexibility index (Phi) is 4.14. The minimum atomic E-state index is 0.301. The van der Waals surface area contributed by atoms with Crippen LogP contribution in [-0.4, -0.2) is 15.0 Å². The molecule has 5 heteroatoms. The van der Waals surface area contributed by atoms with Crippen molar-refractivity contribution in [3.63, 3.8) is 0 Å². The lowest BCUT2D eigenvalue weighted by atomic mass is 10.2. The van der Waals surface area contributed by atoms with Gasteiger partial charge in [-0.1, -0.05) is 24.3 Å². The first kappa shape index (κ1) is 13.1. The number of hydrogen-bond donors (Lipinski definition) is 0. The van der Waals surface area contributed by atoms with Crippen LogP contribution in [0, 0.1) is 11.3 Å². The Balaban J connectivity index is 2.09. The lowest BCUT2D eigenvalue weighted by Gasteiger charge is -2.07. The van der Waals surface area contributed by atoms with Gasteiger partial charge in [-0.15, -0.1) is 5.10 Å². The molecular weight excluding hydrogens is 240 g/mol. The predicted molar refractivity (Wildman–Crippen MR) is 70.6 cm³/mol. The molecule has 98 valence electrons. The summed E-state index contributed by atoms with van der Waals surface area (Å²) in [4.78, 5) is 0. The van der Waals surface area contributed by atoms with E-state index in [1.807, 2.05) is 37.3 Å². The number of nitrogens with zero attached hydrogens (tertiary/aromatic N) is 4. The molecule has 0 amide bonds. The highest BCUT2D eigenvalue weighted by Crippen LogP contribution is 2.15. The molecule has 19 heavy (non-hydrogen) atoms. The summed E-state index contributed by atoms with van der Waals surface area (Å²) < 4.78 is 7.36. The van der Waals surface area contributed by atoms with Gasteiger partial charge in [0.05, 0.1) is 0 Å². The molecule has 0 aliphatic heterocycles. The summed E-state index contributed by atoms with van der Waals surface area (Å²) in [5.74, 6) is 0.782. The Labute approximate surface area is 112 Å². The Morgan fingerprint density at radius 1 is 1.26 bits per heavy atom. The normalized spacial score (nSPS) is 10.2. The first-order chi connectivity index (χ1) is 9.28. The van der Waals surface area contributed by atoms with Crippen molar-refractivity contribution in [3.8, 4) is 11.8 Å². The molecule has 0 fully saturated rings. The van der Waals surface area contributed by atoms with E-state index in [-0.39, 0.29) is 0 Å². The minimum Gasteiger partial charge on any atom is -0.487 e. The lowest BCUT2D eigenvalue weighted by molar-refractivity contribution is 0.292. The number of nitriles is 1. The van der Waals surface area contributed by atoms with Gasteiger partial charge >= 0.3 is 0 Å². The summed E-state index contributed by atoms with van der Waals surface area (Å²) in [6.45, 7) is 5.03. The number of rotatable bonds is 5. The van der Waals surface area contributed by atoms with Gasteiger partial charge in [0.25, 0.3) is 0 Å². The molecule has 0 bridgehead atoms. The summed E-state index contributed by atoms with van der Waals surface area (Å²) in [6.07, 6.45) is 1.01. The monoisotopic (exact) mass is 256 g/mol. The van der Waals surface area contributed by atoms with Crippen molar-refractivity contribution in [3.05, 3.63) is 41.2 Å². The van der Waals surface area contributed by atoms with Crippen LogP contribution < -0.4 is 4.74 Å². The highest BCUT2D eigenvalue weighted by molar-refractivity contribution is 5.28. The number of benzene rings is 1. The number of ether oxygens (including phenoxy) is 1. The summed E-state index contributed by atoms with van der Waals surface area (Å²) in [5, 5.41) is 16.7. The van der Waals surface area contributed by atoms with Gasteiger partial charge in [-0.05, 0) is 31.0 Å². The number of aryl methyl sites for hydroxylation is 2. The quantitative estimate of drug-likeness (QED) is 0.823. The van der Waals surface area contributed by atoms with E-state index >= 15 is 0 Å². The van der Waals surface area contributed by atoms with Crippen LogP contribution in [0.1, 0.15) is 30.8 Å². The minimum absolute atomic E-state index is 0.301. The fraction of sp³-hybridized carbons (Fsp3) is 0.357. The Hall–Kier alpha value is -2.35. The van der Waals surface area contributed by atoms with Crippen molar-refractivity contribution in [1.82, 2.24) is 15.0 Å². The maximum Gasteiger partial charge on any atom is 0.189 e. The third kappa shape index (κ3) is 2.91. The molecule has 0 spiro atoms. The first-order valence-electron chi connectivity index (χ1n) is 6.32.